The van der Waals surface area contributed by atoms with Crippen LogP contribution in [0.15, 0.2) is 48.8 Å². The van der Waals surface area contributed by atoms with Gasteiger partial charge in [-0.25, -0.2) is 0 Å². The molecule has 4 aromatic rings. The maximum Gasteiger partial charge on any atom is 2.00 e. The third-order valence-corrected chi connectivity index (χ3v) is 6.20. The van der Waals surface area contributed by atoms with Crippen LogP contribution in [0.4, 0.5) is 0 Å². The van der Waals surface area contributed by atoms with Crippen molar-refractivity contribution < 1.29 is 21.1 Å². The van der Waals surface area contributed by atoms with Gasteiger partial charge in [0.2, 0.25) is 0 Å². The minimum absolute atomic E-state index is 0. The fourth-order valence-electron chi connectivity index (χ4n) is 4.21. The van der Waals surface area contributed by atoms with Crippen LogP contribution in [-0.4, -0.2) is 30.0 Å². The Balaban J connectivity index is 0.00000361. The molecule has 0 unspecified atom stereocenters. The van der Waals surface area contributed by atoms with E-state index in [1.165, 1.54) is 38.5 Å². The summed E-state index contributed by atoms with van der Waals surface area (Å²) >= 11 is 0. The van der Waals surface area contributed by atoms with Gasteiger partial charge in [0, 0.05) is 36.9 Å². The van der Waals surface area contributed by atoms with Gasteiger partial charge < -0.3 is 0 Å². The molecule has 0 bridgehead atoms. The molecule has 192 valence electrons. The number of nitrogens with zero attached hydrogens (tertiary/aromatic N) is 6. The van der Waals surface area contributed by atoms with Crippen molar-refractivity contribution in [3.05, 3.63) is 72.1 Å². The molecule has 2 heterocycles. The molecule has 6 nitrogen and oxygen atoms in total. The molecular weight excluding hydrogens is 627 g/mol. The van der Waals surface area contributed by atoms with Gasteiger partial charge in [-0.1, -0.05) is 62.8 Å². The van der Waals surface area contributed by atoms with Crippen molar-refractivity contribution >= 4 is 0 Å². The van der Waals surface area contributed by atoms with Gasteiger partial charge in [-0.15, -0.1) is 70.8 Å². The van der Waals surface area contributed by atoms with Crippen molar-refractivity contribution in [2.24, 2.45) is 0 Å². The number of aryl methyl sites for hydroxylation is 2. The average molecular weight is 664 g/mol. The second-order valence-corrected chi connectivity index (χ2v) is 9.21. The van der Waals surface area contributed by atoms with E-state index in [1.54, 1.807) is 0 Å². The second kappa shape index (κ2) is 14.8. The Morgan fingerprint density at radius 2 is 1.11 bits per heavy atom. The standard InChI is InChI=1S/C29H36N6.Pt/c1-3-5-7-9-17-34-22-28(30-32-34)26-15-11-13-24(20-26)19-25-14-12-16-27(21-25)29-23-35(33-31-29)18-10-8-6-4-2;/h11-16,22-23H,3-10,17-19H2,1-2H3;/q-2;+2. The zero-order chi connectivity index (χ0) is 24.3. The van der Waals surface area contributed by atoms with Crippen LogP contribution in [0.25, 0.3) is 22.5 Å². The van der Waals surface area contributed by atoms with Gasteiger partial charge in [0.25, 0.3) is 0 Å². The summed E-state index contributed by atoms with van der Waals surface area (Å²) in [6.07, 6.45) is 14.6. The van der Waals surface area contributed by atoms with Crippen molar-refractivity contribution in [3.8, 4) is 22.5 Å². The van der Waals surface area contributed by atoms with E-state index >= 15 is 0 Å². The fraction of sp³-hybridized carbons (Fsp3) is 0.448. The van der Waals surface area contributed by atoms with Gasteiger partial charge in [0.05, 0.1) is 0 Å². The van der Waals surface area contributed by atoms with Crippen LogP contribution >= 0.6 is 0 Å². The third-order valence-electron chi connectivity index (χ3n) is 6.20. The molecule has 0 aliphatic carbocycles. The number of benzene rings is 2. The third kappa shape index (κ3) is 8.23. The first-order valence-electron chi connectivity index (χ1n) is 13.1. The largest absolute Gasteiger partial charge is 2.00 e. The van der Waals surface area contributed by atoms with Crippen LogP contribution in [0.2, 0.25) is 0 Å². The normalized spacial score (nSPS) is 10.9. The quantitative estimate of drug-likeness (QED) is 0.113. The van der Waals surface area contributed by atoms with Crippen molar-refractivity contribution in [2.45, 2.75) is 84.7 Å². The van der Waals surface area contributed by atoms with E-state index in [9.17, 15) is 0 Å². The molecule has 2 aromatic heterocycles. The van der Waals surface area contributed by atoms with Crippen molar-refractivity contribution in [1.29, 1.82) is 0 Å². The molecule has 0 radical (unpaired) electrons. The number of hydrogen-bond acceptors (Lipinski definition) is 4. The number of unbranched alkanes of at least 4 members (excludes halogenated alkanes) is 6. The molecule has 0 atom stereocenters. The molecule has 0 amide bonds. The van der Waals surface area contributed by atoms with E-state index in [2.05, 4.69) is 70.9 Å². The summed E-state index contributed by atoms with van der Waals surface area (Å²) in [7, 11) is 0. The maximum absolute atomic E-state index is 4.38. The van der Waals surface area contributed by atoms with Crippen LogP contribution < -0.4 is 0 Å². The minimum Gasteiger partial charge on any atom is -0.262 e. The monoisotopic (exact) mass is 663 g/mol. The number of hydrogen-bond donors (Lipinski definition) is 0. The summed E-state index contributed by atoms with van der Waals surface area (Å²) in [5.41, 5.74) is 5.90. The molecule has 0 saturated carbocycles. The second-order valence-electron chi connectivity index (χ2n) is 9.21. The van der Waals surface area contributed by atoms with Gasteiger partial charge in [-0.2, -0.15) is 10.2 Å². The van der Waals surface area contributed by atoms with Crippen LogP contribution in [0.5, 0.6) is 0 Å². The van der Waals surface area contributed by atoms with Gasteiger partial charge in [0.15, 0.2) is 0 Å². The molecule has 0 aliphatic rings. The van der Waals surface area contributed by atoms with Crippen LogP contribution in [0.3, 0.4) is 0 Å². The number of aromatic nitrogens is 6. The molecule has 0 aliphatic heterocycles. The van der Waals surface area contributed by atoms with E-state index < -0.39 is 0 Å². The fourth-order valence-corrected chi connectivity index (χ4v) is 4.21. The van der Waals surface area contributed by atoms with E-state index in [0.29, 0.717) is 0 Å². The summed E-state index contributed by atoms with van der Waals surface area (Å²) < 4.78 is 3.89. The Morgan fingerprint density at radius 1 is 0.639 bits per heavy atom. The Morgan fingerprint density at radius 3 is 1.56 bits per heavy atom. The summed E-state index contributed by atoms with van der Waals surface area (Å²) in [5.74, 6) is 0. The van der Waals surface area contributed by atoms with Gasteiger partial charge in [-0.05, 0) is 19.3 Å². The molecule has 0 spiro atoms. The van der Waals surface area contributed by atoms with E-state index in [1.807, 2.05) is 33.9 Å². The zero-order valence-electron chi connectivity index (χ0n) is 21.4. The van der Waals surface area contributed by atoms with Crippen molar-refractivity contribution in [1.82, 2.24) is 30.0 Å². The number of rotatable bonds is 14. The van der Waals surface area contributed by atoms with E-state index in [4.69, 9.17) is 0 Å². The summed E-state index contributed by atoms with van der Waals surface area (Å²) in [6, 6.07) is 19.5. The van der Waals surface area contributed by atoms with Crippen LogP contribution in [0, 0.1) is 12.1 Å². The van der Waals surface area contributed by atoms with Crippen molar-refractivity contribution in [3.63, 3.8) is 0 Å². The Kier molecular flexibility index (Phi) is 11.5. The molecule has 4 rings (SSSR count). The minimum atomic E-state index is 0. The zero-order valence-corrected chi connectivity index (χ0v) is 23.7. The van der Waals surface area contributed by atoms with E-state index in [-0.39, 0.29) is 21.1 Å². The van der Waals surface area contributed by atoms with Gasteiger partial charge >= 0.3 is 21.1 Å². The average Bonchev–Trinajstić information content (AvgIpc) is 3.55. The van der Waals surface area contributed by atoms with Crippen LogP contribution in [0.1, 0.15) is 76.3 Å². The molecule has 0 N–H and O–H groups in total. The van der Waals surface area contributed by atoms with Gasteiger partial charge in [-0.3, -0.25) is 9.36 Å². The SMILES string of the molecule is CCCCCCn1cc(-c2[c-]c(Cc3[c-]c(-c4cn(CCCCCC)nn4)ccc3)ccc2)nn1.[Pt+2]. The molecule has 2 aromatic carbocycles. The molecule has 7 heteroatoms. The maximum atomic E-state index is 4.38. The van der Waals surface area contributed by atoms with E-state index in [0.717, 1.165) is 66.0 Å². The predicted molar refractivity (Wildman–Crippen MR) is 140 cm³/mol. The topological polar surface area (TPSA) is 61.4 Å². The summed E-state index contributed by atoms with van der Waals surface area (Å²) in [5, 5.41) is 17.4. The predicted octanol–water partition coefficient (Wildman–Crippen LogP) is 6.55. The summed E-state index contributed by atoms with van der Waals surface area (Å²) in [4.78, 5) is 0. The first kappa shape index (κ1) is 28.0. The molecule has 0 saturated heterocycles. The van der Waals surface area contributed by atoms with Crippen molar-refractivity contribution in [2.75, 3.05) is 0 Å². The first-order valence-corrected chi connectivity index (χ1v) is 13.1. The Labute approximate surface area is 229 Å². The summed E-state index contributed by atoms with van der Waals surface area (Å²) in [6.45, 7) is 6.28. The smallest absolute Gasteiger partial charge is 0.262 e. The molecule has 0 fully saturated rings. The Hall–Kier alpha value is -2.59. The van der Waals surface area contributed by atoms with Crippen LogP contribution in [-0.2, 0) is 40.6 Å². The first-order chi connectivity index (χ1) is 17.2. The molecular formula is C29H36N6Pt. The Bertz CT molecular complexity index is 1090. The van der Waals surface area contributed by atoms with Gasteiger partial charge in [0.1, 0.15) is 0 Å². The molecule has 36 heavy (non-hydrogen) atoms.